The van der Waals surface area contributed by atoms with Gasteiger partial charge in [-0.3, -0.25) is 4.52 Å². The van der Waals surface area contributed by atoms with Crippen LogP contribution in [0.1, 0.15) is 104 Å². The van der Waals surface area contributed by atoms with Crippen LogP contribution in [0.15, 0.2) is 36.4 Å². The molecule has 0 spiro atoms. The first-order chi connectivity index (χ1) is 15.2. The SMILES string of the molecule is CCC.CCC.COP(Oc1ccc(C(C)(C)C)cc1C)Oc1ccc(C)cc1C(C)(C)C. The second-order valence-electron chi connectivity index (χ2n) is 10.5. The molecule has 2 aromatic rings. The zero-order valence-electron chi connectivity index (χ0n) is 23.6. The van der Waals surface area contributed by atoms with Crippen molar-refractivity contribution in [1.82, 2.24) is 0 Å². The topological polar surface area (TPSA) is 27.7 Å². The summed E-state index contributed by atoms with van der Waals surface area (Å²) >= 11 is 0. The molecule has 0 aliphatic heterocycles. The first kappa shape index (κ1) is 31.4. The zero-order chi connectivity index (χ0) is 25.8. The van der Waals surface area contributed by atoms with Crippen LogP contribution >= 0.6 is 8.60 Å². The first-order valence-corrected chi connectivity index (χ1v) is 13.3. The highest BCUT2D eigenvalue weighted by Crippen LogP contribution is 2.45. The average Bonchev–Trinajstić information content (AvgIpc) is 2.69. The third kappa shape index (κ3) is 11.4. The van der Waals surface area contributed by atoms with Crippen LogP contribution in [0.2, 0.25) is 0 Å². The lowest BCUT2D eigenvalue weighted by atomic mass is 9.85. The molecule has 0 fully saturated rings. The predicted molar refractivity (Wildman–Crippen MR) is 147 cm³/mol. The molecule has 0 heterocycles. The lowest BCUT2D eigenvalue weighted by Gasteiger charge is -2.25. The molecule has 3 nitrogen and oxygen atoms in total. The van der Waals surface area contributed by atoms with Crippen molar-refractivity contribution < 1.29 is 13.6 Å². The van der Waals surface area contributed by atoms with E-state index < -0.39 is 8.60 Å². The lowest BCUT2D eigenvalue weighted by Crippen LogP contribution is -2.13. The van der Waals surface area contributed by atoms with Crippen LogP contribution in [-0.4, -0.2) is 7.11 Å². The fourth-order valence-corrected chi connectivity index (χ4v) is 3.65. The molecule has 0 saturated heterocycles. The molecule has 1 unspecified atom stereocenters. The highest BCUT2D eigenvalue weighted by Gasteiger charge is 2.24. The Hall–Kier alpha value is -1.57. The third-order valence-corrected chi connectivity index (χ3v) is 5.47. The Labute approximate surface area is 206 Å². The number of benzene rings is 2. The summed E-state index contributed by atoms with van der Waals surface area (Å²) < 4.78 is 17.8. The van der Waals surface area contributed by atoms with Crippen LogP contribution < -0.4 is 9.05 Å². The maximum atomic E-state index is 6.15. The van der Waals surface area contributed by atoms with Gasteiger partial charge in [-0.15, -0.1) is 0 Å². The summed E-state index contributed by atoms with van der Waals surface area (Å²) in [6, 6.07) is 12.5. The van der Waals surface area contributed by atoms with Crippen molar-refractivity contribution in [3.8, 4) is 11.5 Å². The Morgan fingerprint density at radius 3 is 1.61 bits per heavy atom. The number of hydrogen-bond donors (Lipinski definition) is 0. The molecular weight excluding hydrogens is 427 g/mol. The van der Waals surface area contributed by atoms with Crippen LogP contribution in [0.3, 0.4) is 0 Å². The van der Waals surface area contributed by atoms with Gasteiger partial charge in [-0.05, 0) is 47.9 Å². The molecule has 4 heteroatoms. The summed E-state index contributed by atoms with van der Waals surface area (Å²) in [6.45, 7) is 25.8. The van der Waals surface area contributed by atoms with E-state index in [0.717, 1.165) is 22.6 Å². The smallest absolute Gasteiger partial charge is 0.417 e. The highest BCUT2D eigenvalue weighted by molar-refractivity contribution is 7.42. The highest BCUT2D eigenvalue weighted by atomic mass is 31.2. The standard InChI is InChI=1S/C23H33O3P.2C3H8/c1-16-10-12-21(19(14-16)23(6,7)8)26-27(24-9)25-20-13-11-18(15-17(20)2)22(3,4)5;2*1-3-2/h10-15H,1-9H3;2*3H2,1-2H3. The van der Waals surface area contributed by atoms with Crippen molar-refractivity contribution in [2.75, 3.05) is 7.11 Å². The summed E-state index contributed by atoms with van der Waals surface area (Å²) in [5.41, 5.74) is 4.80. The van der Waals surface area contributed by atoms with E-state index in [-0.39, 0.29) is 10.8 Å². The third-order valence-electron chi connectivity index (χ3n) is 4.48. The Morgan fingerprint density at radius 1 is 0.697 bits per heavy atom. The van der Waals surface area contributed by atoms with Crippen LogP contribution in [0.5, 0.6) is 11.5 Å². The summed E-state index contributed by atoms with van der Waals surface area (Å²) in [7, 11) is 0.0826. The lowest BCUT2D eigenvalue weighted by molar-refractivity contribution is 0.319. The molecule has 0 aromatic heterocycles. The van der Waals surface area contributed by atoms with Gasteiger partial charge in [-0.2, -0.15) is 0 Å². The van der Waals surface area contributed by atoms with Gasteiger partial charge in [0.05, 0.1) is 0 Å². The Bertz CT molecular complexity index is 815. The number of aryl methyl sites for hydroxylation is 2. The summed E-state index contributed by atoms with van der Waals surface area (Å²) in [4.78, 5) is 0. The molecule has 33 heavy (non-hydrogen) atoms. The average molecular weight is 477 g/mol. The normalized spacial score (nSPS) is 12.0. The number of rotatable bonds is 5. The molecule has 2 aromatic carbocycles. The van der Waals surface area contributed by atoms with E-state index in [0.29, 0.717) is 0 Å². The first-order valence-electron chi connectivity index (χ1n) is 12.2. The van der Waals surface area contributed by atoms with Crippen molar-refractivity contribution in [2.24, 2.45) is 0 Å². The second kappa shape index (κ2) is 14.6. The summed E-state index contributed by atoms with van der Waals surface area (Å²) in [5, 5.41) is 0. The second-order valence-corrected chi connectivity index (χ2v) is 11.7. The van der Waals surface area contributed by atoms with Crippen LogP contribution in [0.4, 0.5) is 0 Å². The molecule has 0 aliphatic rings. The van der Waals surface area contributed by atoms with E-state index in [9.17, 15) is 0 Å². The van der Waals surface area contributed by atoms with E-state index >= 15 is 0 Å². The molecule has 0 radical (unpaired) electrons. The van der Waals surface area contributed by atoms with Gasteiger partial charge < -0.3 is 9.05 Å². The largest absolute Gasteiger partial charge is 0.462 e. The molecule has 188 valence electrons. The maximum Gasteiger partial charge on any atom is 0.462 e. The van der Waals surface area contributed by atoms with Crippen molar-refractivity contribution in [2.45, 2.75) is 107 Å². The molecule has 0 aliphatic carbocycles. The van der Waals surface area contributed by atoms with Gasteiger partial charge in [0.1, 0.15) is 11.5 Å². The molecule has 0 N–H and O–H groups in total. The van der Waals surface area contributed by atoms with Gasteiger partial charge in [-0.25, -0.2) is 0 Å². The van der Waals surface area contributed by atoms with E-state index in [2.05, 4.69) is 107 Å². The van der Waals surface area contributed by atoms with Gasteiger partial charge in [0.15, 0.2) is 0 Å². The molecule has 2 rings (SSSR count). The summed E-state index contributed by atoms with van der Waals surface area (Å²) in [5.74, 6) is 1.60. The number of hydrogen-bond acceptors (Lipinski definition) is 3. The minimum atomic E-state index is -1.54. The zero-order valence-corrected chi connectivity index (χ0v) is 24.4. The van der Waals surface area contributed by atoms with Crippen molar-refractivity contribution >= 4 is 8.60 Å². The van der Waals surface area contributed by atoms with E-state index in [4.69, 9.17) is 13.6 Å². The minimum absolute atomic E-state index is 0.0274. The van der Waals surface area contributed by atoms with Crippen LogP contribution in [0.25, 0.3) is 0 Å². The van der Waals surface area contributed by atoms with Gasteiger partial charge in [0, 0.05) is 12.7 Å². The van der Waals surface area contributed by atoms with Crippen LogP contribution in [0, 0.1) is 13.8 Å². The van der Waals surface area contributed by atoms with Crippen molar-refractivity contribution in [3.05, 3.63) is 58.7 Å². The fourth-order valence-electron chi connectivity index (χ4n) is 2.78. The molecule has 0 saturated carbocycles. The fraction of sp³-hybridized carbons (Fsp3) is 0.586. The van der Waals surface area contributed by atoms with Gasteiger partial charge in [0.25, 0.3) is 0 Å². The van der Waals surface area contributed by atoms with Gasteiger partial charge in [0.2, 0.25) is 0 Å². The van der Waals surface area contributed by atoms with E-state index in [1.165, 1.54) is 24.0 Å². The van der Waals surface area contributed by atoms with Crippen LogP contribution in [-0.2, 0) is 15.4 Å². The maximum absolute atomic E-state index is 6.15. The molecule has 0 bridgehead atoms. The molecule has 0 amide bonds. The predicted octanol–water partition coefficient (Wildman–Crippen LogP) is 10.1. The van der Waals surface area contributed by atoms with Crippen molar-refractivity contribution in [1.29, 1.82) is 0 Å². The summed E-state index contributed by atoms with van der Waals surface area (Å²) in [6.07, 6.45) is 2.50. The Morgan fingerprint density at radius 2 is 1.18 bits per heavy atom. The van der Waals surface area contributed by atoms with E-state index in [1.54, 1.807) is 7.11 Å². The Balaban J connectivity index is 0.00000154. The quantitative estimate of drug-likeness (QED) is 0.402. The molecule has 1 atom stereocenters. The monoisotopic (exact) mass is 476 g/mol. The van der Waals surface area contributed by atoms with Crippen molar-refractivity contribution in [3.63, 3.8) is 0 Å². The van der Waals surface area contributed by atoms with Gasteiger partial charge in [-0.1, -0.05) is 112 Å². The molecular formula is C29H49O3P. The minimum Gasteiger partial charge on any atom is -0.417 e. The van der Waals surface area contributed by atoms with Gasteiger partial charge >= 0.3 is 8.60 Å². The Kier molecular flexibility index (Phi) is 13.9. The van der Waals surface area contributed by atoms with E-state index in [1.807, 2.05) is 12.1 Å².